The van der Waals surface area contributed by atoms with Crippen molar-refractivity contribution in [2.24, 2.45) is 0 Å². The number of hydrogen-bond donors (Lipinski definition) is 1. The van der Waals surface area contributed by atoms with Gasteiger partial charge in [-0.3, -0.25) is 4.79 Å². The maximum Gasteiger partial charge on any atom is 0.251 e. The van der Waals surface area contributed by atoms with Crippen LogP contribution in [0.3, 0.4) is 0 Å². The van der Waals surface area contributed by atoms with Crippen molar-refractivity contribution in [3.05, 3.63) is 46.6 Å². The quantitative estimate of drug-likeness (QED) is 0.295. The smallest absolute Gasteiger partial charge is 0.251 e. The molecule has 6 nitrogen and oxygen atoms in total. The fourth-order valence-electron chi connectivity index (χ4n) is 2.94. The van der Waals surface area contributed by atoms with Crippen LogP contribution in [0, 0.1) is 0 Å². The van der Waals surface area contributed by atoms with Crippen LogP contribution in [0.2, 0.25) is 5.15 Å². The third-order valence-corrected chi connectivity index (χ3v) is 5.49. The molecule has 0 spiro atoms. The van der Waals surface area contributed by atoms with Gasteiger partial charge >= 0.3 is 0 Å². The van der Waals surface area contributed by atoms with Crippen molar-refractivity contribution in [3.8, 4) is 0 Å². The number of thioether (sulfide) groups is 1. The number of hydrogen-bond acceptors (Lipinski definition) is 6. The summed E-state index contributed by atoms with van der Waals surface area (Å²) in [5.41, 5.74) is 1.71. The van der Waals surface area contributed by atoms with Gasteiger partial charge in [0.15, 0.2) is 5.16 Å². The topological polar surface area (TPSA) is 61.4 Å². The number of carbonyl (C=O) groups is 1. The second-order valence-electron chi connectivity index (χ2n) is 7.37. The molecule has 0 unspecified atom stereocenters. The lowest BCUT2D eigenvalue weighted by Gasteiger charge is -2.22. The van der Waals surface area contributed by atoms with Gasteiger partial charge in [-0.05, 0) is 44.6 Å². The standard InChI is InChI=1S/C22H32ClN5OS/c1-5-11-28(12-6-2)20-15-19(23)25-22(26-20)30-16-17-8-7-9-18(14-17)21(29)24-10-13-27(3)4/h7-9,14-15H,5-6,10-13,16H2,1-4H3,(H,24,29). The molecule has 1 N–H and O–H groups in total. The van der Waals surface area contributed by atoms with Crippen LogP contribution in [0.1, 0.15) is 42.6 Å². The molecule has 0 radical (unpaired) electrons. The Morgan fingerprint density at radius 2 is 1.83 bits per heavy atom. The molecule has 1 heterocycles. The molecule has 1 amide bonds. The number of carbonyl (C=O) groups excluding carboxylic acids is 1. The maximum atomic E-state index is 12.4. The van der Waals surface area contributed by atoms with Gasteiger partial charge in [-0.25, -0.2) is 9.97 Å². The second-order valence-corrected chi connectivity index (χ2v) is 8.70. The first-order valence-corrected chi connectivity index (χ1v) is 11.7. The lowest BCUT2D eigenvalue weighted by Crippen LogP contribution is -2.31. The molecule has 0 bridgehead atoms. The fraction of sp³-hybridized carbons (Fsp3) is 0.500. The Morgan fingerprint density at radius 3 is 2.50 bits per heavy atom. The number of halogens is 1. The van der Waals surface area contributed by atoms with Crippen LogP contribution in [-0.4, -0.2) is 61.0 Å². The van der Waals surface area contributed by atoms with Crippen LogP contribution in [0.4, 0.5) is 5.82 Å². The SMILES string of the molecule is CCCN(CCC)c1cc(Cl)nc(SCc2cccc(C(=O)NCCN(C)C)c2)n1. The van der Waals surface area contributed by atoms with Crippen molar-refractivity contribution in [2.45, 2.75) is 37.6 Å². The normalized spacial score (nSPS) is 11.0. The van der Waals surface area contributed by atoms with E-state index in [1.54, 1.807) is 0 Å². The summed E-state index contributed by atoms with van der Waals surface area (Å²) >= 11 is 7.79. The van der Waals surface area contributed by atoms with E-state index in [-0.39, 0.29) is 5.91 Å². The highest BCUT2D eigenvalue weighted by atomic mass is 35.5. The van der Waals surface area contributed by atoms with Crippen LogP contribution in [0.5, 0.6) is 0 Å². The molecule has 0 aliphatic heterocycles. The molecule has 1 aromatic carbocycles. The van der Waals surface area contributed by atoms with E-state index in [1.807, 2.05) is 49.3 Å². The summed E-state index contributed by atoms with van der Waals surface area (Å²) in [7, 11) is 3.97. The molecule has 30 heavy (non-hydrogen) atoms. The van der Waals surface area contributed by atoms with Crippen LogP contribution in [0.15, 0.2) is 35.5 Å². The summed E-state index contributed by atoms with van der Waals surface area (Å²) in [4.78, 5) is 25.7. The highest BCUT2D eigenvalue weighted by Crippen LogP contribution is 2.25. The van der Waals surface area contributed by atoms with E-state index in [9.17, 15) is 4.79 Å². The average Bonchev–Trinajstić information content (AvgIpc) is 2.71. The summed E-state index contributed by atoms with van der Waals surface area (Å²) in [6, 6.07) is 9.50. The van der Waals surface area contributed by atoms with Gasteiger partial charge in [0.1, 0.15) is 11.0 Å². The Labute approximate surface area is 189 Å². The molecule has 2 rings (SSSR count). The number of anilines is 1. The Bertz CT molecular complexity index is 812. The fourth-order valence-corrected chi connectivity index (χ4v) is 3.96. The van der Waals surface area contributed by atoms with Gasteiger partial charge < -0.3 is 15.1 Å². The predicted octanol–water partition coefficient (Wildman–Crippen LogP) is 4.34. The van der Waals surface area contributed by atoms with Gasteiger partial charge in [-0.2, -0.15) is 0 Å². The van der Waals surface area contributed by atoms with Crippen molar-refractivity contribution >= 4 is 35.1 Å². The minimum Gasteiger partial charge on any atom is -0.356 e. The molecule has 0 aliphatic carbocycles. The van der Waals surface area contributed by atoms with Crippen molar-refractivity contribution in [1.29, 1.82) is 0 Å². The Hall–Kier alpha value is -1.83. The number of likely N-dealkylation sites (N-methyl/N-ethyl adjacent to an activating group) is 1. The van der Waals surface area contributed by atoms with E-state index < -0.39 is 0 Å². The molecule has 8 heteroatoms. The van der Waals surface area contributed by atoms with Crippen LogP contribution >= 0.6 is 23.4 Å². The lowest BCUT2D eigenvalue weighted by molar-refractivity contribution is 0.0951. The number of aromatic nitrogens is 2. The van der Waals surface area contributed by atoms with Gasteiger partial charge in [0, 0.05) is 43.6 Å². The zero-order valence-corrected chi connectivity index (χ0v) is 19.9. The monoisotopic (exact) mass is 449 g/mol. The summed E-state index contributed by atoms with van der Waals surface area (Å²) < 4.78 is 0. The third kappa shape index (κ3) is 8.13. The molecule has 0 atom stereocenters. The summed E-state index contributed by atoms with van der Waals surface area (Å²) in [5, 5.41) is 4.05. The predicted molar refractivity (Wildman–Crippen MR) is 127 cm³/mol. The molecule has 164 valence electrons. The van der Waals surface area contributed by atoms with Crippen LogP contribution in [0.25, 0.3) is 0 Å². The average molecular weight is 450 g/mol. The van der Waals surface area contributed by atoms with Crippen molar-refractivity contribution in [1.82, 2.24) is 20.2 Å². The first-order valence-electron chi connectivity index (χ1n) is 10.4. The zero-order valence-electron chi connectivity index (χ0n) is 18.3. The highest BCUT2D eigenvalue weighted by Gasteiger charge is 2.11. The molecule has 1 aromatic heterocycles. The molecule has 0 aliphatic rings. The molecule has 0 fully saturated rings. The Morgan fingerprint density at radius 1 is 1.10 bits per heavy atom. The molecule has 0 saturated heterocycles. The molecule has 2 aromatic rings. The number of rotatable bonds is 12. The number of nitrogens with one attached hydrogen (secondary N) is 1. The van der Waals surface area contributed by atoms with E-state index in [2.05, 4.69) is 29.0 Å². The van der Waals surface area contributed by atoms with E-state index in [4.69, 9.17) is 16.6 Å². The van der Waals surface area contributed by atoms with E-state index in [0.717, 1.165) is 43.9 Å². The summed E-state index contributed by atoms with van der Waals surface area (Å²) in [5.74, 6) is 1.48. The Kier molecular flexibility index (Phi) is 10.4. The van der Waals surface area contributed by atoms with Gasteiger partial charge in [0.2, 0.25) is 0 Å². The molecule has 0 saturated carbocycles. The van der Waals surface area contributed by atoms with Gasteiger partial charge in [0.05, 0.1) is 0 Å². The van der Waals surface area contributed by atoms with Gasteiger partial charge in [0.25, 0.3) is 5.91 Å². The van der Waals surface area contributed by atoms with Gasteiger partial charge in [-0.15, -0.1) is 0 Å². The van der Waals surface area contributed by atoms with E-state index in [1.165, 1.54) is 11.8 Å². The minimum atomic E-state index is -0.0558. The number of nitrogens with zero attached hydrogens (tertiary/aromatic N) is 4. The van der Waals surface area contributed by atoms with Gasteiger partial charge in [-0.1, -0.05) is 49.3 Å². The first kappa shape index (κ1) is 24.4. The summed E-state index contributed by atoms with van der Waals surface area (Å²) in [6.07, 6.45) is 2.10. The van der Waals surface area contributed by atoms with Crippen molar-refractivity contribution < 1.29 is 4.79 Å². The zero-order chi connectivity index (χ0) is 21.9. The first-order chi connectivity index (χ1) is 14.4. The van der Waals surface area contributed by atoms with Crippen molar-refractivity contribution in [2.75, 3.05) is 45.2 Å². The number of amides is 1. The van der Waals surface area contributed by atoms with Crippen molar-refractivity contribution in [3.63, 3.8) is 0 Å². The molecular weight excluding hydrogens is 418 g/mol. The number of benzene rings is 1. The third-order valence-electron chi connectivity index (χ3n) is 4.37. The Balaban J connectivity index is 2.04. The van der Waals surface area contributed by atoms with Crippen LogP contribution < -0.4 is 10.2 Å². The minimum absolute atomic E-state index is 0.0558. The highest BCUT2D eigenvalue weighted by molar-refractivity contribution is 7.98. The molecular formula is C22H32ClN5OS. The maximum absolute atomic E-state index is 12.4. The van der Waals surface area contributed by atoms with E-state index in [0.29, 0.717) is 28.2 Å². The van der Waals surface area contributed by atoms with E-state index >= 15 is 0 Å². The largest absolute Gasteiger partial charge is 0.356 e. The second kappa shape index (κ2) is 12.8. The summed E-state index contributed by atoms with van der Waals surface area (Å²) in [6.45, 7) is 7.63. The van der Waals surface area contributed by atoms with Crippen LogP contribution in [-0.2, 0) is 5.75 Å². The lowest BCUT2D eigenvalue weighted by atomic mass is 10.1.